The fourth-order valence-corrected chi connectivity index (χ4v) is 3.49. The van der Waals surface area contributed by atoms with Crippen LogP contribution < -0.4 is 4.74 Å². The Morgan fingerprint density at radius 1 is 1.05 bits per heavy atom. The number of epoxide rings is 1. The first-order valence-electron chi connectivity index (χ1n) is 8.46. The lowest BCUT2D eigenvalue weighted by atomic mass is 9.83. The Balaban J connectivity index is 2.57. The van der Waals surface area contributed by atoms with E-state index >= 15 is 0 Å². The molecule has 2 rings (SSSR count). The highest BCUT2D eigenvalue weighted by molar-refractivity contribution is 5.56. The maximum absolute atomic E-state index is 6.22. The zero-order valence-corrected chi connectivity index (χ0v) is 14.5. The van der Waals surface area contributed by atoms with Gasteiger partial charge >= 0.3 is 0 Å². The van der Waals surface area contributed by atoms with Gasteiger partial charge in [-0.05, 0) is 59.9 Å². The van der Waals surface area contributed by atoms with E-state index in [1.807, 2.05) is 0 Å². The number of hydrogen-bond donors (Lipinski definition) is 0. The fraction of sp³-hybridized carbons (Fsp3) is 0.684. The predicted octanol–water partition coefficient (Wildman–Crippen LogP) is 4.58. The molecule has 21 heavy (non-hydrogen) atoms. The van der Waals surface area contributed by atoms with Crippen LogP contribution in [-0.4, -0.2) is 19.3 Å². The van der Waals surface area contributed by atoms with Crippen LogP contribution in [0.1, 0.15) is 68.4 Å². The monoisotopic (exact) mass is 290 g/mol. The van der Waals surface area contributed by atoms with Gasteiger partial charge < -0.3 is 9.47 Å². The number of benzene rings is 1. The van der Waals surface area contributed by atoms with Crippen molar-refractivity contribution in [2.75, 3.05) is 13.2 Å². The summed E-state index contributed by atoms with van der Waals surface area (Å²) in [6.45, 7) is 15.2. The second-order valence-corrected chi connectivity index (χ2v) is 6.29. The third-order valence-electron chi connectivity index (χ3n) is 4.56. The molecule has 2 heteroatoms. The zero-order chi connectivity index (χ0) is 15.6. The van der Waals surface area contributed by atoms with Crippen molar-refractivity contribution in [2.24, 2.45) is 0 Å². The van der Waals surface area contributed by atoms with Gasteiger partial charge in [0.2, 0.25) is 0 Å². The quantitative estimate of drug-likeness (QED) is 0.685. The largest absolute Gasteiger partial charge is 0.490 e. The molecule has 0 radical (unpaired) electrons. The summed E-state index contributed by atoms with van der Waals surface area (Å²) in [5.41, 5.74) is 7.31. The normalized spacial score (nSPS) is 17.4. The molecule has 1 aromatic carbocycles. The minimum absolute atomic E-state index is 0.313. The van der Waals surface area contributed by atoms with Gasteiger partial charge in [0.05, 0.1) is 6.61 Å². The molecule has 0 bridgehead atoms. The second kappa shape index (κ2) is 6.83. The molecule has 0 spiro atoms. The molecule has 1 atom stereocenters. The molecule has 0 aromatic heterocycles. The van der Waals surface area contributed by atoms with Crippen molar-refractivity contribution >= 4 is 0 Å². The van der Waals surface area contributed by atoms with Crippen LogP contribution in [0, 0.1) is 6.92 Å². The molecule has 0 aliphatic carbocycles. The van der Waals surface area contributed by atoms with Crippen LogP contribution in [0.25, 0.3) is 0 Å². The van der Waals surface area contributed by atoms with Crippen molar-refractivity contribution in [3.05, 3.63) is 27.8 Å². The van der Waals surface area contributed by atoms with Gasteiger partial charge in [-0.1, -0.05) is 34.6 Å². The van der Waals surface area contributed by atoms with Crippen molar-refractivity contribution in [2.45, 2.75) is 72.8 Å². The molecule has 118 valence electrons. The van der Waals surface area contributed by atoms with Crippen molar-refractivity contribution in [3.63, 3.8) is 0 Å². The second-order valence-electron chi connectivity index (χ2n) is 6.29. The first-order chi connectivity index (χ1) is 10.0. The molecule has 0 N–H and O–H groups in total. The minimum Gasteiger partial charge on any atom is -0.490 e. The summed E-state index contributed by atoms with van der Waals surface area (Å²) in [5.74, 6) is 1.69. The van der Waals surface area contributed by atoms with E-state index < -0.39 is 0 Å². The molecule has 2 nitrogen and oxygen atoms in total. The third kappa shape index (κ3) is 3.26. The lowest BCUT2D eigenvalue weighted by Crippen LogP contribution is -2.13. The van der Waals surface area contributed by atoms with E-state index in [2.05, 4.69) is 41.5 Å². The van der Waals surface area contributed by atoms with Gasteiger partial charge in [-0.25, -0.2) is 0 Å². The average Bonchev–Trinajstić information content (AvgIpc) is 3.28. The lowest BCUT2D eigenvalue weighted by Gasteiger charge is -2.26. The molecule has 0 saturated carbocycles. The van der Waals surface area contributed by atoms with Gasteiger partial charge in [0.15, 0.2) is 0 Å². The molecule has 1 heterocycles. The Morgan fingerprint density at radius 2 is 1.62 bits per heavy atom. The summed E-state index contributed by atoms with van der Waals surface area (Å²) in [7, 11) is 0. The van der Waals surface area contributed by atoms with Gasteiger partial charge in [-0.3, -0.25) is 0 Å². The van der Waals surface area contributed by atoms with E-state index in [1.165, 1.54) is 27.8 Å². The first-order valence-corrected chi connectivity index (χ1v) is 8.46. The maximum atomic E-state index is 6.22. The highest BCUT2D eigenvalue weighted by Crippen LogP contribution is 2.39. The van der Waals surface area contributed by atoms with Crippen LogP contribution in [0.3, 0.4) is 0 Å². The van der Waals surface area contributed by atoms with Crippen LogP contribution in [0.2, 0.25) is 0 Å². The van der Waals surface area contributed by atoms with Crippen LogP contribution in [-0.2, 0) is 24.0 Å². The smallest absolute Gasteiger partial charge is 0.126 e. The molecule has 1 unspecified atom stereocenters. The molecule has 1 aliphatic rings. The molecule has 1 saturated heterocycles. The summed E-state index contributed by atoms with van der Waals surface area (Å²) in [4.78, 5) is 0. The van der Waals surface area contributed by atoms with Gasteiger partial charge in [0.1, 0.15) is 18.5 Å². The Kier molecular flexibility index (Phi) is 5.32. The summed E-state index contributed by atoms with van der Waals surface area (Å²) in [6, 6.07) is 0. The summed E-state index contributed by atoms with van der Waals surface area (Å²) in [5, 5.41) is 0. The Bertz CT molecular complexity index is 499. The van der Waals surface area contributed by atoms with E-state index in [0.717, 1.165) is 31.6 Å². The van der Waals surface area contributed by atoms with Crippen molar-refractivity contribution in [1.29, 1.82) is 0 Å². The maximum Gasteiger partial charge on any atom is 0.126 e. The van der Waals surface area contributed by atoms with Crippen molar-refractivity contribution in [1.82, 2.24) is 0 Å². The van der Waals surface area contributed by atoms with E-state index in [9.17, 15) is 0 Å². The Morgan fingerprint density at radius 3 is 2.05 bits per heavy atom. The first kappa shape index (κ1) is 16.4. The fourth-order valence-electron chi connectivity index (χ4n) is 3.49. The Hall–Kier alpha value is -1.02. The summed E-state index contributed by atoms with van der Waals surface area (Å²) in [6.07, 6.45) is 3.48. The zero-order valence-electron chi connectivity index (χ0n) is 14.5. The SMILES string of the molecule is CCc1c(C)c(CC)c(C(C)C)c(CC)c1OCC1CO1. The molecule has 1 fully saturated rings. The molecule has 1 aromatic rings. The molecular formula is C19H30O2. The van der Waals surface area contributed by atoms with Crippen LogP contribution in [0.4, 0.5) is 0 Å². The summed E-state index contributed by atoms with van der Waals surface area (Å²) < 4.78 is 11.5. The molecular weight excluding hydrogens is 260 g/mol. The van der Waals surface area contributed by atoms with Crippen molar-refractivity contribution in [3.8, 4) is 5.75 Å². The summed E-state index contributed by atoms with van der Waals surface area (Å²) >= 11 is 0. The molecule has 1 aliphatic heterocycles. The lowest BCUT2D eigenvalue weighted by molar-refractivity contribution is 0.259. The van der Waals surface area contributed by atoms with E-state index in [0.29, 0.717) is 18.6 Å². The van der Waals surface area contributed by atoms with Crippen LogP contribution >= 0.6 is 0 Å². The van der Waals surface area contributed by atoms with E-state index in [1.54, 1.807) is 0 Å². The predicted molar refractivity (Wildman–Crippen MR) is 88.6 cm³/mol. The minimum atomic E-state index is 0.313. The average molecular weight is 290 g/mol. The van der Waals surface area contributed by atoms with Gasteiger partial charge in [0.25, 0.3) is 0 Å². The van der Waals surface area contributed by atoms with Gasteiger partial charge in [-0.2, -0.15) is 0 Å². The van der Waals surface area contributed by atoms with Crippen LogP contribution in [0.5, 0.6) is 5.75 Å². The highest BCUT2D eigenvalue weighted by Gasteiger charge is 2.26. The van der Waals surface area contributed by atoms with Crippen molar-refractivity contribution < 1.29 is 9.47 Å². The molecule has 0 amide bonds. The Labute approximate surface area is 129 Å². The number of hydrogen-bond acceptors (Lipinski definition) is 2. The topological polar surface area (TPSA) is 21.8 Å². The number of ether oxygens (including phenoxy) is 2. The number of rotatable bonds is 7. The van der Waals surface area contributed by atoms with Crippen LogP contribution in [0.15, 0.2) is 0 Å². The standard InChI is InChI=1S/C19H30O2/c1-7-15-13(6)16(8-2)19(21-11-14-10-20-14)17(9-3)18(15)12(4)5/h12,14H,7-11H2,1-6H3. The van der Waals surface area contributed by atoms with Gasteiger partial charge in [-0.15, -0.1) is 0 Å². The third-order valence-corrected chi connectivity index (χ3v) is 4.56. The highest BCUT2D eigenvalue weighted by atomic mass is 16.6. The van der Waals surface area contributed by atoms with E-state index in [4.69, 9.17) is 9.47 Å². The van der Waals surface area contributed by atoms with E-state index in [-0.39, 0.29) is 0 Å². The van der Waals surface area contributed by atoms with Gasteiger partial charge in [0, 0.05) is 0 Å².